The van der Waals surface area contributed by atoms with E-state index in [0.717, 1.165) is 38.2 Å². The van der Waals surface area contributed by atoms with Gasteiger partial charge in [-0.1, -0.05) is 12.2 Å². The molecule has 100 valence electrons. The minimum Gasteiger partial charge on any atom is -0.351 e. The van der Waals surface area contributed by atoms with Crippen LogP contribution in [0.2, 0.25) is 0 Å². The number of carbonyl (C=O) groups is 1. The highest BCUT2D eigenvalue weighted by atomic mass is 16.2. The molecule has 0 bridgehead atoms. The highest BCUT2D eigenvalue weighted by molar-refractivity contribution is 5.79. The Morgan fingerprint density at radius 2 is 2.21 bits per heavy atom. The van der Waals surface area contributed by atoms with Crippen LogP contribution in [0.4, 0.5) is 5.82 Å². The van der Waals surface area contributed by atoms with E-state index in [0.29, 0.717) is 0 Å². The molecule has 19 heavy (non-hydrogen) atoms. The first-order valence-corrected chi connectivity index (χ1v) is 6.79. The molecule has 2 aliphatic rings. The van der Waals surface area contributed by atoms with Crippen LogP contribution >= 0.6 is 0 Å². The molecular formula is C14H18N4O. The number of nitrogens with zero attached hydrogens (tertiary/aromatic N) is 3. The summed E-state index contributed by atoms with van der Waals surface area (Å²) in [5.41, 5.74) is 0. The van der Waals surface area contributed by atoms with E-state index < -0.39 is 0 Å². The Labute approximate surface area is 112 Å². The molecule has 1 fully saturated rings. The number of nitrogens with one attached hydrogen (secondary N) is 1. The molecule has 1 aliphatic carbocycles. The van der Waals surface area contributed by atoms with E-state index >= 15 is 0 Å². The largest absolute Gasteiger partial charge is 0.351 e. The van der Waals surface area contributed by atoms with E-state index in [-0.39, 0.29) is 17.9 Å². The van der Waals surface area contributed by atoms with E-state index in [1.54, 1.807) is 18.6 Å². The number of hydrogen-bond donors (Lipinski definition) is 1. The molecule has 1 atom stereocenters. The maximum absolute atomic E-state index is 12.1. The zero-order valence-electron chi connectivity index (χ0n) is 10.8. The molecule has 0 saturated carbocycles. The molecule has 1 aromatic rings. The average Bonchev–Trinajstić information content (AvgIpc) is 2.44. The summed E-state index contributed by atoms with van der Waals surface area (Å²) in [5, 5.41) is 3.12. The van der Waals surface area contributed by atoms with Gasteiger partial charge >= 0.3 is 0 Å². The zero-order chi connectivity index (χ0) is 13.1. The van der Waals surface area contributed by atoms with E-state index in [4.69, 9.17) is 0 Å². The van der Waals surface area contributed by atoms with Crippen LogP contribution in [0.25, 0.3) is 0 Å². The van der Waals surface area contributed by atoms with Crippen molar-refractivity contribution in [2.75, 3.05) is 18.0 Å². The van der Waals surface area contributed by atoms with Gasteiger partial charge in [0, 0.05) is 31.4 Å². The molecule has 1 unspecified atom stereocenters. The van der Waals surface area contributed by atoms with E-state index in [2.05, 4.69) is 32.3 Å². The summed E-state index contributed by atoms with van der Waals surface area (Å²) in [4.78, 5) is 22.5. The molecular weight excluding hydrogens is 240 g/mol. The van der Waals surface area contributed by atoms with Gasteiger partial charge < -0.3 is 10.2 Å². The van der Waals surface area contributed by atoms with Gasteiger partial charge in [-0.15, -0.1) is 0 Å². The standard InChI is InChI=1S/C14H18N4O/c19-14(11-4-2-1-3-5-11)17-12-9-18(10-12)13-8-15-6-7-16-13/h1-2,6-8,11-12H,3-5,9-10H2,(H,17,19). The highest BCUT2D eigenvalue weighted by Crippen LogP contribution is 2.20. The van der Waals surface area contributed by atoms with Crippen LogP contribution < -0.4 is 10.2 Å². The molecule has 1 amide bonds. The number of hydrogen-bond acceptors (Lipinski definition) is 4. The zero-order valence-corrected chi connectivity index (χ0v) is 10.8. The van der Waals surface area contributed by atoms with Gasteiger partial charge in [0.2, 0.25) is 5.91 Å². The van der Waals surface area contributed by atoms with Gasteiger partial charge in [-0.2, -0.15) is 0 Å². The Morgan fingerprint density at radius 1 is 1.32 bits per heavy atom. The number of allylic oxidation sites excluding steroid dienone is 2. The van der Waals surface area contributed by atoms with Gasteiger partial charge in [0.15, 0.2) is 0 Å². The van der Waals surface area contributed by atoms with Crippen molar-refractivity contribution in [3.63, 3.8) is 0 Å². The second kappa shape index (κ2) is 5.38. The van der Waals surface area contributed by atoms with Gasteiger partial charge in [0.1, 0.15) is 5.82 Å². The Kier molecular flexibility index (Phi) is 3.44. The number of amides is 1. The Hall–Kier alpha value is -1.91. The highest BCUT2D eigenvalue weighted by Gasteiger charge is 2.30. The van der Waals surface area contributed by atoms with Crippen molar-refractivity contribution in [3.05, 3.63) is 30.7 Å². The topological polar surface area (TPSA) is 58.1 Å². The molecule has 1 aromatic heterocycles. The summed E-state index contributed by atoms with van der Waals surface area (Å²) in [6.45, 7) is 1.65. The summed E-state index contributed by atoms with van der Waals surface area (Å²) in [5.74, 6) is 1.25. The summed E-state index contributed by atoms with van der Waals surface area (Å²) in [6, 6.07) is 0.250. The van der Waals surface area contributed by atoms with Gasteiger partial charge in [0.05, 0.1) is 12.2 Å². The van der Waals surface area contributed by atoms with Crippen LogP contribution in [0.3, 0.4) is 0 Å². The summed E-state index contributed by atoms with van der Waals surface area (Å²) >= 11 is 0. The lowest BCUT2D eigenvalue weighted by atomic mass is 9.93. The molecule has 2 heterocycles. The number of anilines is 1. The number of carbonyl (C=O) groups excluding carboxylic acids is 1. The third kappa shape index (κ3) is 2.75. The predicted molar refractivity (Wildman–Crippen MR) is 72.7 cm³/mol. The summed E-state index contributed by atoms with van der Waals surface area (Å²) < 4.78 is 0. The molecule has 1 aliphatic heterocycles. The van der Waals surface area contributed by atoms with Gasteiger partial charge in [-0.05, 0) is 19.3 Å². The average molecular weight is 258 g/mol. The SMILES string of the molecule is O=C(NC1CN(c2cnccn2)C1)C1CC=CCC1. The number of aromatic nitrogens is 2. The second-order valence-corrected chi connectivity index (χ2v) is 5.16. The van der Waals surface area contributed by atoms with Crippen molar-refractivity contribution in [1.82, 2.24) is 15.3 Å². The lowest BCUT2D eigenvalue weighted by molar-refractivity contribution is -0.126. The third-order valence-electron chi connectivity index (χ3n) is 3.74. The minimum atomic E-state index is 0.163. The van der Waals surface area contributed by atoms with Crippen molar-refractivity contribution in [3.8, 4) is 0 Å². The molecule has 0 spiro atoms. The van der Waals surface area contributed by atoms with E-state index in [1.165, 1.54) is 0 Å². The van der Waals surface area contributed by atoms with Crippen molar-refractivity contribution < 1.29 is 4.79 Å². The molecule has 0 aromatic carbocycles. The fourth-order valence-corrected chi connectivity index (χ4v) is 2.56. The van der Waals surface area contributed by atoms with Crippen LogP contribution in [0.1, 0.15) is 19.3 Å². The predicted octanol–water partition coefficient (Wildman–Crippen LogP) is 1.14. The first kappa shape index (κ1) is 12.1. The van der Waals surface area contributed by atoms with Gasteiger partial charge in [0.25, 0.3) is 0 Å². The quantitative estimate of drug-likeness (QED) is 0.826. The first-order valence-electron chi connectivity index (χ1n) is 6.79. The van der Waals surface area contributed by atoms with Crippen molar-refractivity contribution in [1.29, 1.82) is 0 Å². The van der Waals surface area contributed by atoms with Crippen molar-refractivity contribution >= 4 is 11.7 Å². The van der Waals surface area contributed by atoms with E-state index in [9.17, 15) is 4.79 Å². The normalized spacial score (nSPS) is 22.9. The Balaban J connectivity index is 1.46. The minimum absolute atomic E-state index is 0.163. The Morgan fingerprint density at radius 3 is 2.89 bits per heavy atom. The maximum Gasteiger partial charge on any atom is 0.223 e. The van der Waals surface area contributed by atoms with Crippen molar-refractivity contribution in [2.45, 2.75) is 25.3 Å². The molecule has 0 radical (unpaired) electrons. The fraction of sp³-hybridized carbons (Fsp3) is 0.500. The fourth-order valence-electron chi connectivity index (χ4n) is 2.56. The molecule has 1 N–H and O–H groups in total. The lowest BCUT2D eigenvalue weighted by Gasteiger charge is -2.40. The monoisotopic (exact) mass is 258 g/mol. The number of rotatable bonds is 3. The second-order valence-electron chi connectivity index (χ2n) is 5.16. The smallest absolute Gasteiger partial charge is 0.223 e. The molecule has 1 saturated heterocycles. The summed E-state index contributed by atoms with van der Waals surface area (Å²) in [7, 11) is 0. The first-order chi connectivity index (χ1) is 9.33. The Bertz CT molecular complexity index is 468. The van der Waals surface area contributed by atoms with Crippen LogP contribution in [0.15, 0.2) is 30.7 Å². The maximum atomic E-state index is 12.1. The van der Waals surface area contributed by atoms with Crippen molar-refractivity contribution in [2.24, 2.45) is 5.92 Å². The van der Waals surface area contributed by atoms with Crippen LogP contribution in [-0.2, 0) is 4.79 Å². The van der Waals surface area contributed by atoms with Gasteiger partial charge in [-0.3, -0.25) is 9.78 Å². The molecule has 5 nitrogen and oxygen atoms in total. The molecule has 3 rings (SSSR count). The summed E-state index contributed by atoms with van der Waals surface area (Å²) in [6.07, 6.45) is 12.3. The van der Waals surface area contributed by atoms with Crippen LogP contribution in [-0.4, -0.2) is 35.0 Å². The molecule has 5 heteroatoms. The van der Waals surface area contributed by atoms with Gasteiger partial charge in [-0.25, -0.2) is 4.98 Å². The van der Waals surface area contributed by atoms with E-state index in [1.807, 2.05) is 0 Å². The van der Waals surface area contributed by atoms with Crippen LogP contribution in [0, 0.1) is 5.92 Å². The lowest BCUT2D eigenvalue weighted by Crippen LogP contribution is -2.60. The van der Waals surface area contributed by atoms with Crippen LogP contribution in [0.5, 0.6) is 0 Å². The third-order valence-corrected chi connectivity index (χ3v) is 3.74.